The van der Waals surface area contributed by atoms with Crippen LogP contribution in [-0.2, 0) is 16.2 Å². The summed E-state index contributed by atoms with van der Waals surface area (Å²) in [5.74, 6) is 0. The highest BCUT2D eigenvalue weighted by molar-refractivity contribution is 7.25. The lowest BCUT2D eigenvalue weighted by Crippen LogP contribution is -2.14. The molecule has 0 fully saturated rings. The maximum Gasteiger partial charge on any atom is 0.137 e. The molecule has 3 heterocycles. The minimum Gasteiger partial charge on any atom is -0.456 e. The number of nitrogens with zero attached hydrogens (tertiary/aromatic N) is 3. The Morgan fingerprint density at radius 1 is 0.156 bits per heavy atom. The van der Waals surface area contributed by atoms with Crippen LogP contribution in [0.4, 0.5) is 51.2 Å². The van der Waals surface area contributed by atoms with Crippen LogP contribution in [0.2, 0.25) is 0 Å². The Hall–Kier alpha value is -17.2. The van der Waals surface area contributed by atoms with Crippen molar-refractivity contribution >= 4 is 127 Å². The second kappa shape index (κ2) is 34.8. The normalized spacial score (nSPS) is 13.1. The van der Waals surface area contributed by atoms with E-state index in [1.54, 1.807) is 0 Å². The van der Waals surface area contributed by atoms with E-state index in [-0.39, 0.29) is 16.2 Å². The summed E-state index contributed by atoms with van der Waals surface area (Å²) in [5, 5.41) is 7.15. The first-order valence-electron chi connectivity index (χ1n) is 48.8. The Kier molecular flexibility index (Phi) is 21.1. The first-order chi connectivity index (χ1) is 69.1. The van der Waals surface area contributed by atoms with Crippen LogP contribution in [0.25, 0.3) is 164 Å². The molecule has 141 heavy (non-hydrogen) atoms. The Morgan fingerprint density at radius 3 is 0.816 bits per heavy atom. The zero-order valence-corrected chi connectivity index (χ0v) is 80.1. The molecular weight excluding hydrogens is 1730 g/mol. The van der Waals surface area contributed by atoms with Crippen LogP contribution in [0, 0.1) is 0 Å². The standard InChI is InChI=1S/C51H37NS.C45H33NO.C39H29NO/c1-51(2)47-19-11-9-17-43(47)46-32-37(23-28-48(46)51)36-21-24-40(25-22-36)52(41-26-27-45-44-18-10-12-20-49(44)53-50(45)33-41)42-30-38(34-13-5-3-6-14-34)29-39(31-42)35-15-7-4-8-16-35;1-45(2)41-14-8-6-12-37(41)40-28-33(20-27-42(40)45)32-18-23-35(24-19-32)46(34-21-16-31(17-22-34)30-10-4-3-5-11-30)36-25-26-39-38-13-7-9-15-43(38)47-44(39)29-36;1-39(2)35-14-8-6-12-31(35)34-24-27(18-23-36(34)39)26-16-19-29(20-17-26)40(28-10-4-3-5-11-28)30-21-22-33-32-13-7-9-15-37(32)41-38(33)25-30/h3-33H,1-2H3;3-29H,1-2H3;3-25H,1-2H3. The molecule has 24 aromatic rings. The highest BCUT2D eigenvalue weighted by Gasteiger charge is 2.39. The number of hydrogen-bond donors (Lipinski definition) is 0. The number of thiophene rings is 1. The summed E-state index contributed by atoms with van der Waals surface area (Å²) in [5.41, 5.74) is 44.4. The topological polar surface area (TPSA) is 36.0 Å². The van der Waals surface area contributed by atoms with Gasteiger partial charge in [0, 0.05) is 121 Å². The van der Waals surface area contributed by atoms with Crippen molar-refractivity contribution in [3.05, 3.63) is 525 Å². The minimum atomic E-state index is -0.00276. The van der Waals surface area contributed by atoms with E-state index < -0.39 is 0 Å². The van der Waals surface area contributed by atoms with Crippen LogP contribution in [0.15, 0.2) is 500 Å². The SMILES string of the molecule is CC1(C)c2ccccc2-c2cc(-c3ccc(N(c4cc(-c5ccccc5)cc(-c5ccccc5)c4)c4ccc5c(c4)sc4ccccc45)cc3)ccc21.CC1(C)c2ccccc2-c2cc(-c3ccc(N(c4ccc(-c5ccccc5)cc4)c4ccc5c(c4)oc4ccccc45)cc3)ccc21.CC1(C)c2ccccc2-c2cc(-c3ccc(N(c4ccccc4)c4ccc5c(c4)oc4ccccc45)cc3)ccc21. The van der Waals surface area contributed by atoms with Gasteiger partial charge in [-0.3, -0.25) is 0 Å². The van der Waals surface area contributed by atoms with E-state index in [0.717, 1.165) is 95.1 Å². The molecule has 0 aliphatic heterocycles. The summed E-state index contributed by atoms with van der Waals surface area (Å²) in [6.45, 7) is 14.0. The van der Waals surface area contributed by atoms with Crippen molar-refractivity contribution in [2.45, 2.75) is 57.8 Å². The Balaban J connectivity index is 0.000000112. The zero-order valence-electron chi connectivity index (χ0n) is 79.3. The van der Waals surface area contributed by atoms with Crippen molar-refractivity contribution in [3.63, 3.8) is 0 Å². The van der Waals surface area contributed by atoms with Crippen molar-refractivity contribution in [1.82, 2.24) is 0 Å². The molecule has 0 bridgehead atoms. The van der Waals surface area contributed by atoms with Gasteiger partial charge in [0.25, 0.3) is 0 Å². The zero-order chi connectivity index (χ0) is 94.6. The van der Waals surface area contributed by atoms with Gasteiger partial charge in [-0.2, -0.15) is 0 Å². The van der Waals surface area contributed by atoms with Crippen LogP contribution in [0.5, 0.6) is 0 Å². The number of anilines is 9. The van der Waals surface area contributed by atoms with Gasteiger partial charge in [0.2, 0.25) is 0 Å². The third kappa shape index (κ3) is 15.3. The van der Waals surface area contributed by atoms with E-state index >= 15 is 0 Å². The average Bonchev–Trinajstić information content (AvgIpc) is 1.59. The van der Waals surface area contributed by atoms with Crippen LogP contribution in [0.1, 0.15) is 74.9 Å². The first-order valence-corrected chi connectivity index (χ1v) is 49.6. The van der Waals surface area contributed by atoms with E-state index in [1.807, 2.05) is 35.6 Å². The van der Waals surface area contributed by atoms with E-state index in [1.165, 1.54) is 154 Å². The van der Waals surface area contributed by atoms with Crippen LogP contribution in [-0.4, -0.2) is 0 Å². The highest BCUT2D eigenvalue weighted by Crippen LogP contribution is 2.55. The van der Waals surface area contributed by atoms with Gasteiger partial charge in [-0.05, 0) is 285 Å². The van der Waals surface area contributed by atoms with Gasteiger partial charge in [-0.15, -0.1) is 11.3 Å². The quantitative estimate of drug-likeness (QED) is 0.102. The minimum absolute atomic E-state index is 0.00276. The lowest BCUT2D eigenvalue weighted by molar-refractivity contribution is 0.660. The number of para-hydroxylation sites is 3. The number of benzene rings is 21. The molecule has 0 N–H and O–H groups in total. The molecule has 6 heteroatoms. The summed E-state index contributed by atoms with van der Waals surface area (Å²) in [4.78, 5) is 7.03. The molecule has 3 aliphatic carbocycles. The molecular formula is C135H99N3O2S. The van der Waals surface area contributed by atoms with Gasteiger partial charge < -0.3 is 23.5 Å². The molecule has 0 atom stereocenters. The van der Waals surface area contributed by atoms with Gasteiger partial charge in [-0.1, -0.05) is 369 Å². The molecule has 0 radical (unpaired) electrons. The molecule has 27 rings (SSSR count). The molecule has 0 saturated carbocycles. The fourth-order valence-electron chi connectivity index (χ4n) is 22.4. The fourth-order valence-corrected chi connectivity index (χ4v) is 23.5. The van der Waals surface area contributed by atoms with Crippen LogP contribution < -0.4 is 14.7 Å². The van der Waals surface area contributed by atoms with Gasteiger partial charge in [0.15, 0.2) is 0 Å². The summed E-state index contributed by atoms with van der Waals surface area (Å²) >= 11 is 1.86. The lowest BCUT2D eigenvalue weighted by atomic mass is 9.82. The van der Waals surface area contributed by atoms with Crippen molar-refractivity contribution in [2.24, 2.45) is 0 Å². The van der Waals surface area contributed by atoms with Crippen molar-refractivity contribution in [1.29, 1.82) is 0 Å². The van der Waals surface area contributed by atoms with E-state index in [0.29, 0.717) is 0 Å². The van der Waals surface area contributed by atoms with Crippen LogP contribution in [0.3, 0.4) is 0 Å². The smallest absolute Gasteiger partial charge is 0.137 e. The molecule has 3 aliphatic rings. The molecule has 0 unspecified atom stereocenters. The van der Waals surface area contributed by atoms with Crippen molar-refractivity contribution in [2.75, 3.05) is 14.7 Å². The number of fused-ring (bicyclic) bond motifs is 18. The highest BCUT2D eigenvalue weighted by atomic mass is 32.1. The van der Waals surface area contributed by atoms with Gasteiger partial charge in [0.05, 0.1) is 0 Å². The van der Waals surface area contributed by atoms with Crippen molar-refractivity contribution in [3.8, 4) is 100 Å². The summed E-state index contributed by atoms with van der Waals surface area (Å²) < 4.78 is 15.2. The summed E-state index contributed by atoms with van der Waals surface area (Å²) in [7, 11) is 0. The van der Waals surface area contributed by atoms with E-state index in [2.05, 4.69) is 523 Å². The Morgan fingerprint density at radius 2 is 0.418 bits per heavy atom. The van der Waals surface area contributed by atoms with Crippen LogP contribution >= 0.6 is 11.3 Å². The summed E-state index contributed by atoms with van der Waals surface area (Å²) in [6.07, 6.45) is 0. The predicted octanol–water partition coefficient (Wildman–Crippen LogP) is 38.6. The molecule has 21 aromatic carbocycles. The maximum atomic E-state index is 6.32. The number of rotatable bonds is 15. The molecule has 672 valence electrons. The monoisotopic (exact) mass is 1830 g/mol. The van der Waals surface area contributed by atoms with E-state index in [4.69, 9.17) is 8.83 Å². The third-order valence-corrected chi connectivity index (χ3v) is 30.8. The summed E-state index contributed by atoms with van der Waals surface area (Å²) in [6, 6.07) is 178. The van der Waals surface area contributed by atoms with Gasteiger partial charge in [-0.25, -0.2) is 0 Å². The van der Waals surface area contributed by atoms with Crippen molar-refractivity contribution < 1.29 is 8.83 Å². The maximum absolute atomic E-state index is 6.32. The predicted molar refractivity (Wildman–Crippen MR) is 596 cm³/mol. The number of hydrogen-bond acceptors (Lipinski definition) is 6. The second-order valence-electron chi connectivity index (χ2n) is 39.0. The van der Waals surface area contributed by atoms with Gasteiger partial charge >= 0.3 is 0 Å². The Labute approximate surface area is 826 Å². The molecule has 3 aromatic heterocycles. The van der Waals surface area contributed by atoms with E-state index in [9.17, 15) is 0 Å². The first kappa shape index (κ1) is 85.5. The fraction of sp³-hybridized carbons (Fsp3) is 0.0667. The third-order valence-electron chi connectivity index (χ3n) is 29.6. The molecule has 0 amide bonds. The lowest BCUT2D eigenvalue weighted by Gasteiger charge is -2.27. The van der Waals surface area contributed by atoms with Gasteiger partial charge in [0.1, 0.15) is 22.3 Å². The Bertz CT molecular complexity index is 8860. The second-order valence-corrected chi connectivity index (χ2v) is 40.1. The average molecular weight is 1830 g/mol. The largest absolute Gasteiger partial charge is 0.456 e. The number of furan rings is 2. The molecule has 5 nitrogen and oxygen atoms in total. The molecule has 0 saturated heterocycles. The molecule has 0 spiro atoms.